The first-order chi connectivity index (χ1) is 9.67. The van der Waals surface area contributed by atoms with Gasteiger partial charge in [0.05, 0.1) is 5.66 Å². The SMILES string of the molecule is CC(N)(Cc1c[nH]c2ccccc12)N1CCCCCC1. The highest BCUT2D eigenvalue weighted by atomic mass is 15.3. The summed E-state index contributed by atoms with van der Waals surface area (Å²) in [5, 5.41) is 1.30. The second-order valence-corrected chi connectivity index (χ2v) is 6.29. The minimum Gasteiger partial charge on any atom is -0.361 e. The van der Waals surface area contributed by atoms with Gasteiger partial charge in [-0.3, -0.25) is 4.90 Å². The number of hydrogen-bond acceptors (Lipinski definition) is 2. The van der Waals surface area contributed by atoms with Crippen LogP contribution >= 0.6 is 0 Å². The molecule has 0 bridgehead atoms. The molecule has 2 aromatic rings. The Morgan fingerprint density at radius 3 is 2.60 bits per heavy atom. The lowest BCUT2D eigenvalue weighted by atomic mass is 9.99. The number of likely N-dealkylation sites (tertiary alicyclic amines) is 1. The largest absolute Gasteiger partial charge is 0.361 e. The number of aromatic amines is 1. The van der Waals surface area contributed by atoms with Crippen LogP contribution in [0.15, 0.2) is 30.5 Å². The summed E-state index contributed by atoms with van der Waals surface area (Å²) < 4.78 is 0. The average Bonchev–Trinajstić information content (AvgIpc) is 2.67. The molecule has 108 valence electrons. The smallest absolute Gasteiger partial charge is 0.0700 e. The lowest BCUT2D eigenvalue weighted by Crippen LogP contribution is -2.55. The summed E-state index contributed by atoms with van der Waals surface area (Å²) in [6, 6.07) is 8.47. The predicted molar refractivity (Wildman–Crippen MR) is 84.6 cm³/mol. The van der Waals surface area contributed by atoms with Gasteiger partial charge < -0.3 is 10.7 Å². The normalized spacial score (nSPS) is 20.7. The highest BCUT2D eigenvalue weighted by Gasteiger charge is 2.28. The van der Waals surface area contributed by atoms with Crippen molar-refractivity contribution in [3.63, 3.8) is 0 Å². The van der Waals surface area contributed by atoms with Gasteiger partial charge in [-0.2, -0.15) is 0 Å². The summed E-state index contributed by atoms with van der Waals surface area (Å²) >= 11 is 0. The topological polar surface area (TPSA) is 45.1 Å². The van der Waals surface area contributed by atoms with Crippen LogP contribution in [-0.4, -0.2) is 28.6 Å². The van der Waals surface area contributed by atoms with Crippen LogP contribution < -0.4 is 5.73 Å². The highest BCUT2D eigenvalue weighted by molar-refractivity contribution is 5.83. The summed E-state index contributed by atoms with van der Waals surface area (Å²) in [7, 11) is 0. The average molecular weight is 271 g/mol. The molecule has 0 radical (unpaired) electrons. The Morgan fingerprint density at radius 1 is 1.15 bits per heavy atom. The Balaban J connectivity index is 1.81. The van der Waals surface area contributed by atoms with Gasteiger partial charge in [-0.05, 0) is 44.5 Å². The molecule has 2 heterocycles. The third-order valence-electron chi connectivity index (χ3n) is 4.55. The van der Waals surface area contributed by atoms with Crippen LogP contribution in [0.2, 0.25) is 0 Å². The Morgan fingerprint density at radius 2 is 1.85 bits per heavy atom. The van der Waals surface area contributed by atoms with E-state index in [4.69, 9.17) is 5.73 Å². The van der Waals surface area contributed by atoms with Crippen molar-refractivity contribution in [1.82, 2.24) is 9.88 Å². The molecule has 20 heavy (non-hydrogen) atoms. The summed E-state index contributed by atoms with van der Waals surface area (Å²) in [5.41, 5.74) is 8.93. The number of nitrogens with one attached hydrogen (secondary N) is 1. The van der Waals surface area contributed by atoms with Gasteiger partial charge in [-0.25, -0.2) is 0 Å². The molecule has 1 saturated heterocycles. The van der Waals surface area contributed by atoms with E-state index in [0.717, 1.165) is 19.5 Å². The standard InChI is InChI=1S/C17H25N3/c1-17(18,20-10-6-2-3-7-11-20)12-14-13-19-16-9-5-4-8-15(14)16/h4-5,8-9,13,19H,2-3,6-7,10-12,18H2,1H3. The summed E-state index contributed by atoms with van der Waals surface area (Å²) in [6.45, 7) is 4.45. The molecule has 1 atom stereocenters. The second-order valence-electron chi connectivity index (χ2n) is 6.29. The molecule has 1 aliphatic rings. The van der Waals surface area contributed by atoms with Gasteiger partial charge in [0, 0.05) is 23.5 Å². The molecule has 0 amide bonds. The molecule has 3 nitrogen and oxygen atoms in total. The first-order valence-corrected chi connectivity index (χ1v) is 7.76. The van der Waals surface area contributed by atoms with Crippen LogP contribution in [0.1, 0.15) is 38.2 Å². The Bertz CT molecular complexity index is 562. The van der Waals surface area contributed by atoms with Gasteiger partial charge >= 0.3 is 0 Å². The molecule has 1 unspecified atom stereocenters. The lowest BCUT2D eigenvalue weighted by molar-refractivity contribution is 0.113. The molecule has 1 aliphatic heterocycles. The van der Waals surface area contributed by atoms with Crippen molar-refractivity contribution in [2.24, 2.45) is 5.73 Å². The maximum Gasteiger partial charge on any atom is 0.0700 e. The van der Waals surface area contributed by atoms with E-state index in [1.54, 1.807) is 0 Å². The van der Waals surface area contributed by atoms with E-state index in [1.807, 2.05) is 0 Å². The van der Waals surface area contributed by atoms with Crippen LogP contribution in [0.4, 0.5) is 0 Å². The van der Waals surface area contributed by atoms with Gasteiger partial charge in [0.25, 0.3) is 0 Å². The van der Waals surface area contributed by atoms with Gasteiger partial charge in [0.2, 0.25) is 0 Å². The van der Waals surface area contributed by atoms with Crippen molar-refractivity contribution in [1.29, 1.82) is 0 Å². The molecular weight excluding hydrogens is 246 g/mol. The molecular formula is C17H25N3. The Hall–Kier alpha value is -1.32. The molecule has 0 aliphatic carbocycles. The zero-order valence-electron chi connectivity index (χ0n) is 12.4. The number of fused-ring (bicyclic) bond motifs is 1. The van der Waals surface area contributed by atoms with Crippen molar-refractivity contribution in [3.8, 4) is 0 Å². The number of benzene rings is 1. The van der Waals surface area contributed by atoms with Crippen LogP contribution in [0.5, 0.6) is 0 Å². The fourth-order valence-corrected chi connectivity index (χ4v) is 3.36. The number of nitrogens with zero attached hydrogens (tertiary/aromatic N) is 1. The van der Waals surface area contributed by atoms with E-state index in [1.165, 1.54) is 42.1 Å². The first kappa shape index (κ1) is 13.7. The van der Waals surface area contributed by atoms with E-state index < -0.39 is 0 Å². The Kier molecular flexibility index (Phi) is 3.81. The number of para-hydroxylation sites is 1. The number of aromatic nitrogens is 1. The van der Waals surface area contributed by atoms with E-state index >= 15 is 0 Å². The third-order valence-corrected chi connectivity index (χ3v) is 4.55. The van der Waals surface area contributed by atoms with Gasteiger partial charge in [-0.1, -0.05) is 31.0 Å². The van der Waals surface area contributed by atoms with Gasteiger partial charge in [0.1, 0.15) is 0 Å². The predicted octanol–water partition coefficient (Wildman–Crippen LogP) is 3.26. The molecule has 1 fully saturated rings. The van der Waals surface area contributed by atoms with Crippen molar-refractivity contribution in [3.05, 3.63) is 36.0 Å². The van der Waals surface area contributed by atoms with Crippen LogP contribution in [0, 0.1) is 0 Å². The minimum atomic E-state index is -0.255. The molecule has 1 aromatic heterocycles. The number of H-pyrrole nitrogens is 1. The second kappa shape index (κ2) is 5.58. The number of rotatable bonds is 3. The zero-order valence-corrected chi connectivity index (χ0v) is 12.4. The molecule has 0 saturated carbocycles. The molecule has 3 N–H and O–H groups in total. The van der Waals surface area contributed by atoms with E-state index in [2.05, 4.69) is 47.3 Å². The van der Waals surface area contributed by atoms with Crippen molar-refractivity contribution < 1.29 is 0 Å². The van der Waals surface area contributed by atoms with E-state index in [0.29, 0.717) is 0 Å². The van der Waals surface area contributed by atoms with Crippen molar-refractivity contribution >= 4 is 10.9 Å². The van der Waals surface area contributed by atoms with Crippen molar-refractivity contribution in [2.45, 2.75) is 44.7 Å². The fraction of sp³-hybridized carbons (Fsp3) is 0.529. The van der Waals surface area contributed by atoms with Gasteiger partial charge in [0.15, 0.2) is 0 Å². The molecule has 1 aromatic carbocycles. The maximum absolute atomic E-state index is 6.66. The van der Waals surface area contributed by atoms with E-state index in [-0.39, 0.29) is 5.66 Å². The monoisotopic (exact) mass is 271 g/mol. The third kappa shape index (κ3) is 2.74. The summed E-state index contributed by atoms with van der Waals surface area (Å²) in [4.78, 5) is 5.83. The van der Waals surface area contributed by atoms with Gasteiger partial charge in [-0.15, -0.1) is 0 Å². The molecule has 3 rings (SSSR count). The van der Waals surface area contributed by atoms with Crippen molar-refractivity contribution in [2.75, 3.05) is 13.1 Å². The fourth-order valence-electron chi connectivity index (χ4n) is 3.36. The quantitative estimate of drug-likeness (QED) is 0.900. The minimum absolute atomic E-state index is 0.255. The first-order valence-electron chi connectivity index (χ1n) is 7.76. The zero-order chi connectivity index (χ0) is 14.0. The van der Waals surface area contributed by atoms with E-state index in [9.17, 15) is 0 Å². The maximum atomic E-state index is 6.66. The highest BCUT2D eigenvalue weighted by Crippen LogP contribution is 2.25. The van der Waals surface area contributed by atoms with Crippen LogP contribution in [0.3, 0.4) is 0 Å². The molecule has 3 heteroatoms. The lowest BCUT2D eigenvalue weighted by Gasteiger charge is -2.37. The number of hydrogen-bond donors (Lipinski definition) is 2. The molecule has 0 spiro atoms. The van der Waals surface area contributed by atoms with Crippen LogP contribution in [0.25, 0.3) is 10.9 Å². The summed E-state index contributed by atoms with van der Waals surface area (Å²) in [6.07, 6.45) is 8.27. The van der Waals surface area contributed by atoms with Crippen LogP contribution in [-0.2, 0) is 6.42 Å². The number of nitrogens with two attached hydrogens (primary N) is 1. The Labute approximate surface area is 121 Å². The summed E-state index contributed by atoms with van der Waals surface area (Å²) in [5.74, 6) is 0.